The van der Waals surface area contributed by atoms with Crippen LogP contribution in [0.2, 0.25) is 0 Å². The lowest BCUT2D eigenvalue weighted by Gasteiger charge is -2.35. The third kappa shape index (κ3) is 6.93. The molecule has 1 atom stereocenters. The molecule has 2 rings (SSSR count). The Kier molecular flexibility index (Phi) is 7.82. The summed E-state index contributed by atoms with van der Waals surface area (Å²) < 4.78 is 126. The Morgan fingerprint density at radius 3 is 1.97 bits per heavy atom. The summed E-state index contributed by atoms with van der Waals surface area (Å²) in [7, 11) is 0. The van der Waals surface area contributed by atoms with Crippen LogP contribution in [0.25, 0.3) is 0 Å². The molecule has 0 aliphatic heterocycles. The van der Waals surface area contributed by atoms with Gasteiger partial charge in [-0.05, 0) is 49.4 Å². The fourth-order valence-electron chi connectivity index (χ4n) is 2.67. The SMILES string of the molecule is CCOC(=O)C(NC(=O)c1cccc(C(F)(F)F)c1)(Nc1ccc(OC(F)(F)F)cc1)C(F)(F)F. The largest absolute Gasteiger partial charge is 0.573 e. The molecular formula is C20H15F9N2O4. The third-order valence-corrected chi connectivity index (χ3v) is 4.18. The quantitative estimate of drug-likeness (QED) is 0.297. The molecule has 2 aromatic carbocycles. The average Bonchev–Trinajstić information content (AvgIpc) is 2.72. The fraction of sp³-hybridized carbons (Fsp3) is 0.300. The van der Waals surface area contributed by atoms with E-state index in [1.807, 2.05) is 0 Å². The molecule has 0 aliphatic rings. The normalized spacial score (nSPS) is 14.0. The summed E-state index contributed by atoms with van der Waals surface area (Å²) in [5.41, 5.74) is -6.85. The van der Waals surface area contributed by atoms with Crippen LogP contribution in [0.1, 0.15) is 22.8 Å². The third-order valence-electron chi connectivity index (χ3n) is 4.18. The second kappa shape index (κ2) is 9.92. The van der Waals surface area contributed by atoms with Gasteiger partial charge in [-0.25, -0.2) is 4.79 Å². The smallest absolute Gasteiger partial charge is 0.463 e. The van der Waals surface area contributed by atoms with Gasteiger partial charge in [-0.3, -0.25) is 4.79 Å². The van der Waals surface area contributed by atoms with Crippen molar-refractivity contribution in [1.82, 2.24) is 5.32 Å². The molecule has 0 aromatic heterocycles. The molecule has 0 aliphatic carbocycles. The number of hydrogen-bond acceptors (Lipinski definition) is 5. The van der Waals surface area contributed by atoms with Crippen LogP contribution in [-0.2, 0) is 15.7 Å². The number of ether oxygens (including phenoxy) is 2. The van der Waals surface area contributed by atoms with Crippen LogP contribution in [0.15, 0.2) is 48.5 Å². The van der Waals surface area contributed by atoms with E-state index in [9.17, 15) is 49.1 Å². The highest BCUT2D eigenvalue weighted by atomic mass is 19.4. The predicted molar refractivity (Wildman–Crippen MR) is 101 cm³/mol. The zero-order valence-electron chi connectivity index (χ0n) is 17.4. The number of carbonyl (C=O) groups is 2. The molecule has 0 bridgehead atoms. The zero-order chi connectivity index (χ0) is 26.7. The number of anilines is 1. The second-order valence-electron chi connectivity index (χ2n) is 6.70. The second-order valence-corrected chi connectivity index (χ2v) is 6.70. The van der Waals surface area contributed by atoms with E-state index < -0.39 is 65.4 Å². The van der Waals surface area contributed by atoms with Gasteiger partial charge in [0.25, 0.3) is 5.91 Å². The van der Waals surface area contributed by atoms with Gasteiger partial charge in [-0.2, -0.15) is 26.3 Å². The molecular weight excluding hydrogens is 503 g/mol. The molecule has 1 amide bonds. The number of hydrogen-bond donors (Lipinski definition) is 2. The van der Waals surface area contributed by atoms with Crippen molar-refractivity contribution in [2.45, 2.75) is 31.3 Å². The molecule has 0 saturated carbocycles. The van der Waals surface area contributed by atoms with Gasteiger partial charge in [0.05, 0.1) is 12.2 Å². The van der Waals surface area contributed by atoms with Gasteiger partial charge in [-0.1, -0.05) is 6.07 Å². The number of halogens is 9. The highest BCUT2D eigenvalue weighted by Crippen LogP contribution is 2.35. The Balaban J connectivity index is 2.49. The maximum atomic E-state index is 14.1. The maximum absolute atomic E-state index is 14.1. The number of amides is 1. The summed E-state index contributed by atoms with van der Waals surface area (Å²) >= 11 is 0. The highest BCUT2D eigenvalue weighted by Gasteiger charge is 2.63. The zero-order valence-corrected chi connectivity index (χ0v) is 17.4. The summed E-state index contributed by atoms with van der Waals surface area (Å²) in [6.07, 6.45) is -15.6. The van der Waals surface area contributed by atoms with Crippen molar-refractivity contribution in [1.29, 1.82) is 0 Å². The Bertz CT molecular complexity index is 1050. The van der Waals surface area contributed by atoms with Crippen LogP contribution in [0, 0.1) is 0 Å². The summed E-state index contributed by atoms with van der Waals surface area (Å²) in [5, 5.41) is 2.99. The average molecular weight is 518 g/mol. The van der Waals surface area contributed by atoms with Crippen molar-refractivity contribution in [3.05, 3.63) is 59.7 Å². The molecule has 6 nitrogen and oxygen atoms in total. The van der Waals surface area contributed by atoms with Gasteiger partial charge in [0.1, 0.15) is 5.75 Å². The monoisotopic (exact) mass is 518 g/mol. The number of benzene rings is 2. The van der Waals surface area contributed by atoms with E-state index in [0.29, 0.717) is 30.3 Å². The lowest BCUT2D eigenvalue weighted by atomic mass is 10.1. The Hall–Kier alpha value is -3.65. The number of carbonyl (C=O) groups excluding carboxylic acids is 2. The number of rotatable bonds is 7. The first kappa shape index (κ1) is 27.6. The highest BCUT2D eigenvalue weighted by molar-refractivity contribution is 5.99. The van der Waals surface area contributed by atoms with Gasteiger partial charge in [0.2, 0.25) is 0 Å². The number of esters is 1. The topological polar surface area (TPSA) is 76.7 Å². The summed E-state index contributed by atoms with van der Waals surface area (Å²) in [4.78, 5) is 24.9. The fourth-order valence-corrected chi connectivity index (χ4v) is 2.67. The molecule has 0 heterocycles. The Morgan fingerprint density at radius 1 is 0.886 bits per heavy atom. The van der Waals surface area contributed by atoms with E-state index >= 15 is 0 Å². The molecule has 0 fully saturated rings. The van der Waals surface area contributed by atoms with Crippen LogP contribution < -0.4 is 15.4 Å². The molecule has 35 heavy (non-hydrogen) atoms. The van der Waals surface area contributed by atoms with Crippen molar-refractivity contribution >= 4 is 17.6 Å². The Labute approximate surface area is 191 Å². The Morgan fingerprint density at radius 2 is 1.49 bits per heavy atom. The first-order valence-corrected chi connectivity index (χ1v) is 9.36. The van der Waals surface area contributed by atoms with Crippen LogP contribution in [0.5, 0.6) is 5.75 Å². The van der Waals surface area contributed by atoms with Crippen molar-refractivity contribution in [3.63, 3.8) is 0 Å². The first-order chi connectivity index (χ1) is 16.0. The van der Waals surface area contributed by atoms with Crippen molar-refractivity contribution < 1.29 is 58.6 Å². The van der Waals surface area contributed by atoms with Gasteiger partial charge >= 0.3 is 30.3 Å². The molecule has 2 N–H and O–H groups in total. The lowest BCUT2D eigenvalue weighted by molar-refractivity contribution is -0.274. The van der Waals surface area contributed by atoms with E-state index in [-0.39, 0.29) is 6.07 Å². The van der Waals surface area contributed by atoms with Gasteiger partial charge in [-0.15, -0.1) is 13.2 Å². The van der Waals surface area contributed by atoms with E-state index in [1.165, 1.54) is 5.32 Å². The van der Waals surface area contributed by atoms with Crippen LogP contribution in [0.4, 0.5) is 45.2 Å². The molecule has 0 radical (unpaired) electrons. The van der Waals surface area contributed by atoms with Crippen LogP contribution in [0.3, 0.4) is 0 Å². The van der Waals surface area contributed by atoms with Crippen LogP contribution in [-0.4, -0.2) is 36.7 Å². The molecule has 2 aromatic rings. The lowest BCUT2D eigenvalue weighted by Crippen LogP contribution is -2.69. The summed E-state index contributed by atoms with van der Waals surface area (Å²) in [6.45, 7) is 0.563. The van der Waals surface area contributed by atoms with Crippen molar-refractivity contribution in [3.8, 4) is 5.75 Å². The van der Waals surface area contributed by atoms with E-state index in [2.05, 4.69) is 9.47 Å². The molecule has 192 valence electrons. The van der Waals surface area contributed by atoms with Gasteiger partial charge < -0.3 is 20.1 Å². The van der Waals surface area contributed by atoms with E-state index in [1.54, 1.807) is 5.32 Å². The summed E-state index contributed by atoms with van der Waals surface area (Å²) in [6, 6.07) is 4.99. The summed E-state index contributed by atoms with van der Waals surface area (Å²) in [5.74, 6) is -4.61. The molecule has 15 heteroatoms. The predicted octanol–water partition coefficient (Wildman–Crippen LogP) is 5.27. The van der Waals surface area contributed by atoms with Crippen LogP contribution >= 0.6 is 0 Å². The van der Waals surface area contributed by atoms with Gasteiger partial charge in [0, 0.05) is 11.3 Å². The standard InChI is InChI=1S/C20H15F9N2O4/c1-2-34-16(33)17(19(24,25)26,30-13-6-8-14(9-7-13)35-20(27,28)29)31-15(32)11-4-3-5-12(10-11)18(21,22)23/h3-10,30H,2H2,1H3,(H,31,32). The number of alkyl halides is 9. The van der Waals surface area contributed by atoms with Gasteiger partial charge in [0.15, 0.2) is 0 Å². The molecule has 0 spiro atoms. The van der Waals surface area contributed by atoms with E-state index in [0.717, 1.165) is 19.1 Å². The maximum Gasteiger partial charge on any atom is 0.573 e. The van der Waals surface area contributed by atoms with Crippen molar-refractivity contribution in [2.75, 3.05) is 11.9 Å². The minimum atomic E-state index is -5.64. The minimum absolute atomic E-state index is 0.269. The van der Waals surface area contributed by atoms with E-state index in [4.69, 9.17) is 0 Å². The molecule has 0 saturated heterocycles. The number of nitrogens with one attached hydrogen (secondary N) is 2. The van der Waals surface area contributed by atoms with Crippen molar-refractivity contribution in [2.24, 2.45) is 0 Å². The molecule has 1 unspecified atom stereocenters. The minimum Gasteiger partial charge on any atom is -0.463 e. The first-order valence-electron chi connectivity index (χ1n) is 9.36.